The Kier molecular flexibility index (Phi) is 4.78. The van der Waals surface area contributed by atoms with E-state index >= 15 is 0 Å². The fourth-order valence-electron chi connectivity index (χ4n) is 1.53. The highest BCUT2D eigenvalue weighted by Crippen LogP contribution is 2.20. The minimum Gasteiger partial charge on any atom is -0.399 e. The molecule has 0 aromatic heterocycles. The monoisotopic (exact) mass is 237 g/mol. The molecule has 1 rings (SSSR count). The summed E-state index contributed by atoms with van der Waals surface area (Å²) in [6.07, 6.45) is 0.837. The van der Waals surface area contributed by atoms with E-state index in [4.69, 9.17) is 16.2 Å². The van der Waals surface area contributed by atoms with Crippen molar-refractivity contribution in [3.8, 4) is 0 Å². The van der Waals surface area contributed by atoms with Crippen molar-refractivity contribution >= 4 is 17.3 Å². The van der Waals surface area contributed by atoms with Gasteiger partial charge in [0.25, 0.3) is 5.91 Å². The summed E-state index contributed by atoms with van der Waals surface area (Å²) in [7, 11) is 1.65. The maximum Gasteiger partial charge on any atom is 0.250 e. The Morgan fingerprint density at radius 2 is 2.24 bits per heavy atom. The molecule has 0 spiro atoms. The van der Waals surface area contributed by atoms with Gasteiger partial charge in [-0.2, -0.15) is 0 Å². The van der Waals surface area contributed by atoms with E-state index in [0.717, 1.165) is 6.42 Å². The van der Waals surface area contributed by atoms with Crippen molar-refractivity contribution in [3.05, 3.63) is 23.8 Å². The summed E-state index contributed by atoms with van der Waals surface area (Å²) < 4.78 is 5.00. The van der Waals surface area contributed by atoms with Crippen LogP contribution in [0.1, 0.15) is 23.7 Å². The van der Waals surface area contributed by atoms with Crippen LogP contribution in [-0.4, -0.2) is 25.7 Å². The first kappa shape index (κ1) is 13.3. The number of rotatable bonds is 6. The van der Waals surface area contributed by atoms with Crippen LogP contribution < -0.4 is 16.8 Å². The lowest BCUT2D eigenvalue weighted by atomic mass is 10.1. The zero-order valence-electron chi connectivity index (χ0n) is 10.2. The number of carbonyl (C=O) groups excluding carboxylic acids is 1. The van der Waals surface area contributed by atoms with Gasteiger partial charge in [-0.05, 0) is 31.5 Å². The molecule has 94 valence electrons. The fourth-order valence-corrected chi connectivity index (χ4v) is 1.53. The maximum atomic E-state index is 11.2. The van der Waals surface area contributed by atoms with E-state index in [1.54, 1.807) is 25.3 Å². The molecule has 5 N–H and O–H groups in total. The molecule has 17 heavy (non-hydrogen) atoms. The third kappa shape index (κ3) is 3.96. The highest BCUT2D eigenvalue weighted by atomic mass is 16.5. The quantitative estimate of drug-likeness (QED) is 0.648. The average molecular weight is 237 g/mol. The first-order valence-electron chi connectivity index (χ1n) is 5.49. The molecular formula is C12H19N3O2. The van der Waals surface area contributed by atoms with Crippen LogP contribution in [-0.2, 0) is 4.74 Å². The minimum atomic E-state index is -0.466. The maximum absolute atomic E-state index is 11.2. The van der Waals surface area contributed by atoms with Crippen molar-refractivity contribution in [2.75, 3.05) is 24.8 Å². The Morgan fingerprint density at radius 1 is 1.53 bits per heavy atom. The third-order valence-electron chi connectivity index (χ3n) is 2.47. The predicted molar refractivity (Wildman–Crippen MR) is 69.0 cm³/mol. The third-order valence-corrected chi connectivity index (χ3v) is 2.47. The number of primary amides is 1. The zero-order chi connectivity index (χ0) is 12.8. The van der Waals surface area contributed by atoms with Gasteiger partial charge in [0, 0.05) is 31.1 Å². The first-order valence-corrected chi connectivity index (χ1v) is 5.49. The van der Waals surface area contributed by atoms with Gasteiger partial charge in [0.2, 0.25) is 0 Å². The van der Waals surface area contributed by atoms with Crippen molar-refractivity contribution in [2.24, 2.45) is 5.73 Å². The SMILES string of the molecule is COCCC(C)Nc1cc(N)ccc1C(N)=O. The van der Waals surface area contributed by atoms with Crippen molar-refractivity contribution in [1.29, 1.82) is 0 Å². The summed E-state index contributed by atoms with van der Waals surface area (Å²) in [6.45, 7) is 2.66. The van der Waals surface area contributed by atoms with Gasteiger partial charge >= 0.3 is 0 Å². The van der Waals surface area contributed by atoms with Crippen molar-refractivity contribution < 1.29 is 9.53 Å². The summed E-state index contributed by atoms with van der Waals surface area (Å²) in [5.74, 6) is -0.466. The fraction of sp³-hybridized carbons (Fsp3) is 0.417. The van der Waals surface area contributed by atoms with Crippen LogP contribution in [0.25, 0.3) is 0 Å². The zero-order valence-corrected chi connectivity index (χ0v) is 10.2. The molecule has 0 aliphatic carbocycles. The molecule has 1 aromatic rings. The normalized spacial score (nSPS) is 12.1. The molecule has 5 heteroatoms. The van der Waals surface area contributed by atoms with E-state index in [0.29, 0.717) is 23.5 Å². The molecule has 0 fully saturated rings. The molecule has 0 bridgehead atoms. The van der Waals surface area contributed by atoms with Gasteiger partial charge in [0.1, 0.15) is 0 Å². The van der Waals surface area contributed by atoms with E-state index in [2.05, 4.69) is 5.32 Å². The summed E-state index contributed by atoms with van der Waals surface area (Å²) in [5.41, 5.74) is 12.7. The van der Waals surface area contributed by atoms with Gasteiger partial charge in [0.15, 0.2) is 0 Å². The molecule has 0 heterocycles. The van der Waals surface area contributed by atoms with Gasteiger partial charge in [0.05, 0.1) is 5.56 Å². The molecule has 1 aromatic carbocycles. The second-order valence-electron chi connectivity index (χ2n) is 4.00. The second-order valence-corrected chi connectivity index (χ2v) is 4.00. The van der Waals surface area contributed by atoms with Crippen LogP contribution >= 0.6 is 0 Å². The number of nitrogens with one attached hydrogen (secondary N) is 1. The molecule has 1 atom stereocenters. The number of amides is 1. The summed E-state index contributed by atoms with van der Waals surface area (Å²) in [5, 5.41) is 3.21. The average Bonchev–Trinajstić information content (AvgIpc) is 2.26. The van der Waals surface area contributed by atoms with E-state index in [-0.39, 0.29) is 6.04 Å². The van der Waals surface area contributed by atoms with Gasteiger partial charge in [-0.3, -0.25) is 4.79 Å². The smallest absolute Gasteiger partial charge is 0.250 e. The number of benzene rings is 1. The van der Waals surface area contributed by atoms with E-state index < -0.39 is 5.91 Å². The first-order chi connectivity index (χ1) is 8.04. The Balaban J connectivity index is 2.81. The molecule has 1 unspecified atom stereocenters. The van der Waals surface area contributed by atoms with E-state index in [1.165, 1.54) is 0 Å². The second kappa shape index (κ2) is 6.10. The van der Waals surface area contributed by atoms with Crippen LogP contribution in [0.3, 0.4) is 0 Å². The standard InChI is InChI=1S/C12H19N3O2/c1-8(5-6-17-2)15-11-7-9(13)3-4-10(11)12(14)16/h3-4,7-8,15H,5-6,13H2,1-2H3,(H2,14,16). The number of methoxy groups -OCH3 is 1. The Hall–Kier alpha value is -1.75. The molecule has 0 aliphatic rings. The van der Waals surface area contributed by atoms with Gasteiger partial charge < -0.3 is 21.5 Å². The summed E-state index contributed by atoms with van der Waals surface area (Å²) >= 11 is 0. The molecular weight excluding hydrogens is 218 g/mol. The molecule has 0 saturated heterocycles. The number of anilines is 2. The topological polar surface area (TPSA) is 90.4 Å². The Labute approximate surface area is 101 Å². The predicted octanol–water partition coefficient (Wildman–Crippen LogP) is 1.20. The minimum absolute atomic E-state index is 0.176. The lowest BCUT2D eigenvalue weighted by molar-refractivity contribution is 0.100. The van der Waals surface area contributed by atoms with Crippen LogP contribution in [0.2, 0.25) is 0 Å². The van der Waals surface area contributed by atoms with Crippen LogP contribution in [0.15, 0.2) is 18.2 Å². The lowest BCUT2D eigenvalue weighted by Crippen LogP contribution is -2.21. The Morgan fingerprint density at radius 3 is 2.82 bits per heavy atom. The van der Waals surface area contributed by atoms with Crippen LogP contribution in [0, 0.1) is 0 Å². The largest absolute Gasteiger partial charge is 0.399 e. The van der Waals surface area contributed by atoms with Crippen molar-refractivity contribution in [3.63, 3.8) is 0 Å². The van der Waals surface area contributed by atoms with Gasteiger partial charge in [-0.25, -0.2) is 0 Å². The van der Waals surface area contributed by atoms with E-state index in [1.807, 2.05) is 6.92 Å². The van der Waals surface area contributed by atoms with Gasteiger partial charge in [-0.1, -0.05) is 0 Å². The molecule has 0 saturated carbocycles. The highest BCUT2D eigenvalue weighted by molar-refractivity contribution is 5.99. The Bertz CT molecular complexity index is 393. The number of nitrogens with two attached hydrogens (primary N) is 2. The van der Waals surface area contributed by atoms with E-state index in [9.17, 15) is 4.79 Å². The van der Waals surface area contributed by atoms with Gasteiger partial charge in [-0.15, -0.1) is 0 Å². The van der Waals surface area contributed by atoms with Crippen molar-refractivity contribution in [1.82, 2.24) is 0 Å². The van der Waals surface area contributed by atoms with Crippen LogP contribution in [0.4, 0.5) is 11.4 Å². The number of ether oxygens (including phenoxy) is 1. The molecule has 5 nitrogen and oxygen atoms in total. The van der Waals surface area contributed by atoms with Crippen molar-refractivity contribution in [2.45, 2.75) is 19.4 Å². The molecule has 1 amide bonds. The number of hydrogen-bond donors (Lipinski definition) is 3. The van der Waals surface area contributed by atoms with Crippen LogP contribution in [0.5, 0.6) is 0 Å². The summed E-state index contributed by atoms with van der Waals surface area (Å²) in [6, 6.07) is 5.17. The number of carbonyl (C=O) groups is 1. The number of hydrogen-bond acceptors (Lipinski definition) is 4. The number of nitrogen functional groups attached to an aromatic ring is 1. The molecule has 0 aliphatic heterocycles. The molecule has 0 radical (unpaired) electrons. The summed E-state index contributed by atoms with van der Waals surface area (Å²) in [4.78, 5) is 11.2. The lowest BCUT2D eigenvalue weighted by Gasteiger charge is -2.17. The highest BCUT2D eigenvalue weighted by Gasteiger charge is 2.10.